The molecule has 1 fully saturated rings. The predicted molar refractivity (Wildman–Crippen MR) is 156 cm³/mol. The predicted octanol–water partition coefficient (Wildman–Crippen LogP) is 3.77. The fourth-order valence-electron chi connectivity index (χ4n) is 5.19. The monoisotopic (exact) mass is 565 g/mol. The number of nitrogens with zero attached hydrogens (tertiary/aromatic N) is 5. The summed E-state index contributed by atoms with van der Waals surface area (Å²) in [5.74, 6) is -0.660. The molecule has 0 saturated carbocycles. The topological polar surface area (TPSA) is 110 Å². The van der Waals surface area contributed by atoms with Crippen molar-refractivity contribution in [1.82, 2.24) is 24.6 Å². The average Bonchev–Trinajstić information content (AvgIpc) is 3.38. The number of hydrogen-bond acceptors (Lipinski definition) is 8. The number of amides is 1. The van der Waals surface area contributed by atoms with Gasteiger partial charge in [0, 0.05) is 56.3 Å². The highest BCUT2D eigenvalue weighted by molar-refractivity contribution is 5.71. The molecule has 2 aromatic rings. The first-order valence-electron chi connectivity index (χ1n) is 14.5. The quantitative estimate of drug-likeness (QED) is 0.431. The summed E-state index contributed by atoms with van der Waals surface area (Å²) in [6.07, 6.45) is 11.9. The third-order valence-electron chi connectivity index (χ3n) is 7.85. The van der Waals surface area contributed by atoms with Gasteiger partial charge in [-0.2, -0.15) is 5.10 Å². The molecule has 2 aliphatic heterocycles. The molecule has 0 bridgehead atoms. The molecular formula is C31H43N5O5. The Balaban J connectivity index is 1.51. The fourth-order valence-corrected chi connectivity index (χ4v) is 5.19. The maximum atomic E-state index is 13.0. The van der Waals surface area contributed by atoms with Crippen molar-refractivity contribution in [3.05, 3.63) is 65.8 Å². The molecule has 1 N–H and O–H groups in total. The van der Waals surface area contributed by atoms with Crippen LogP contribution in [0.5, 0.6) is 0 Å². The summed E-state index contributed by atoms with van der Waals surface area (Å²) in [7, 11) is 2.04. The van der Waals surface area contributed by atoms with Gasteiger partial charge in [0.15, 0.2) is 0 Å². The molecule has 4 heterocycles. The number of esters is 1. The summed E-state index contributed by atoms with van der Waals surface area (Å²) in [6, 6.07) is 3.90. The third-order valence-corrected chi connectivity index (χ3v) is 7.85. The van der Waals surface area contributed by atoms with E-state index in [0.29, 0.717) is 32.5 Å². The van der Waals surface area contributed by atoms with Gasteiger partial charge in [0.25, 0.3) is 0 Å². The number of aromatic nitrogens is 3. The summed E-state index contributed by atoms with van der Waals surface area (Å²) >= 11 is 0. The molecule has 1 saturated heterocycles. The molecule has 0 aliphatic carbocycles. The standard InChI is InChI=1S/C31H43N5O5/c1-22-5-7-27(37)18-29(38)41-30(23(2)6-8-28(22)40-31(39)35-15-13-34(4)14-16-35)24(3)17-26-19-33-36(21-26)20-25-9-11-32-12-10-25/h6,8-12,17,19,21-23,27-28,30,37H,5,7,13-16,18,20H2,1-4H3/b8-6+,24-17+/t22-,23-,27+,28-,30-/m0/s1. The van der Waals surface area contributed by atoms with Crippen LogP contribution in [0, 0.1) is 11.8 Å². The van der Waals surface area contributed by atoms with Gasteiger partial charge in [-0.15, -0.1) is 0 Å². The van der Waals surface area contributed by atoms with Crippen LogP contribution in [0.3, 0.4) is 0 Å². The van der Waals surface area contributed by atoms with Crippen LogP contribution < -0.4 is 0 Å². The van der Waals surface area contributed by atoms with E-state index in [-0.39, 0.29) is 24.3 Å². The first-order chi connectivity index (χ1) is 19.7. The number of aliphatic hydroxyl groups excluding tert-OH is 1. The van der Waals surface area contributed by atoms with Crippen molar-refractivity contribution in [2.45, 2.75) is 64.9 Å². The van der Waals surface area contributed by atoms with Crippen molar-refractivity contribution < 1.29 is 24.2 Å². The second-order valence-corrected chi connectivity index (χ2v) is 11.4. The lowest BCUT2D eigenvalue weighted by Gasteiger charge is -2.33. The summed E-state index contributed by atoms with van der Waals surface area (Å²) in [6.45, 7) is 9.44. The number of likely N-dealkylation sites (N-methyl/N-ethyl adjacent to an activating group) is 1. The summed E-state index contributed by atoms with van der Waals surface area (Å²) in [4.78, 5) is 33.8. The lowest BCUT2D eigenvalue weighted by molar-refractivity contribution is -0.151. The minimum Gasteiger partial charge on any atom is -0.457 e. The van der Waals surface area contributed by atoms with Gasteiger partial charge in [0.2, 0.25) is 0 Å². The molecular weight excluding hydrogens is 522 g/mol. The van der Waals surface area contributed by atoms with E-state index in [0.717, 1.165) is 29.8 Å². The highest BCUT2D eigenvalue weighted by Gasteiger charge is 2.29. The van der Waals surface area contributed by atoms with Crippen LogP contribution in [0.25, 0.3) is 6.08 Å². The maximum absolute atomic E-state index is 13.0. The molecule has 4 rings (SSSR count). The van der Waals surface area contributed by atoms with Crippen LogP contribution >= 0.6 is 0 Å². The van der Waals surface area contributed by atoms with Gasteiger partial charge in [-0.25, -0.2) is 4.79 Å². The van der Waals surface area contributed by atoms with E-state index >= 15 is 0 Å². The number of pyridine rings is 1. The first-order valence-corrected chi connectivity index (χ1v) is 14.5. The molecule has 222 valence electrons. The second kappa shape index (κ2) is 14.4. The lowest BCUT2D eigenvalue weighted by Crippen LogP contribution is -2.48. The number of piperazine rings is 1. The first kappa shape index (κ1) is 30.5. The van der Waals surface area contributed by atoms with Crippen molar-refractivity contribution in [1.29, 1.82) is 0 Å². The SMILES string of the molecule is C/C(=C\c1cnn(Cc2ccncc2)c1)[C@H]1OC(=O)C[C@H](O)CC[C@H](C)[C@@H](OC(=O)N2CCN(C)CC2)/C=C/[C@@H]1C. The van der Waals surface area contributed by atoms with Crippen LogP contribution in [0.1, 0.15) is 51.2 Å². The zero-order valence-electron chi connectivity index (χ0n) is 24.6. The van der Waals surface area contributed by atoms with E-state index in [1.807, 2.05) is 69.1 Å². The van der Waals surface area contributed by atoms with Gasteiger partial charge >= 0.3 is 12.1 Å². The number of carbonyl (C=O) groups excluding carboxylic acids is 2. The van der Waals surface area contributed by atoms with E-state index in [1.165, 1.54) is 0 Å². The Morgan fingerprint density at radius 3 is 2.61 bits per heavy atom. The molecule has 2 aliphatic rings. The molecule has 10 nitrogen and oxygen atoms in total. The highest BCUT2D eigenvalue weighted by atomic mass is 16.6. The fraction of sp³-hybridized carbons (Fsp3) is 0.548. The van der Waals surface area contributed by atoms with E-state index < -0.39 is 24.3 Å². The molecule has 0 aromatic carbocycles. The van der Waals surface area contributed by atoms with Crippen LogP contribution in [0.2, 0.25) is 0 Å². The van der Waals surface area contributed by atoms with Gasteiger partial charge in [-0.05, 0) is 68.2 Å². The third kappa shape index (κ3) is 8.99. The van der Waals surface area contributed by atoms with Crippen molar-refractivity contribution in [2.75, 3.05) is 33.2 Å². The molecule has 0 spiro atoms. The minimum absolute atomic E-state index is 0.0266. The average molecular weight is 566 g/mol. The second-order valence-electron chi connectivity index (χ2n) is 11.4. The van der Waals surface area contributed by atoms with Crippen LogP contribution in [-0.2, 0) is 20.8 Å². The Bertz CT molecular complexity index is 1200. The number of rotatable bonds is 5. The summed E-state index contributed by atoms with van der Waals surface area (Å²) < 4.78 is 13.8. The van der Waals surface area contributed by atoms with E-state index in [2.05, 4.69) is 15.0 Å². The number of cyclic esters (lactones) is 1. The van der Waals surface area contributed by atoms with Gasteiger partial charge in [-0.3, -0.25) is 14.5 Å². The minimum atomic E-state index is -0.825. The molecule has 0 unspecified atom stereocenters. The maximum Gasteiger partial charge on any atom is 0.410 e. The zero-order valence-corrected chi connectivity index (χ0v) is 24.6. The molecule has 1 amide bonds. The van der Waals surface area contributed by atoms with E-state index in [9.17, 15) is 14.7 Å². The van der Waals surface area contributed by atoms with Crippen molar-refractivity contribution >= 4 is 18.1 Å². The van der Waals surface area contributed by atoms with Crippen LogP contribution in [0.4, 0.5) is 4.79 Å². The Hall–Kier alpha value is -3.50. The van der Waals surface area contributed by atoms with Crippen LogP contribution in [-0.4, -0.2) is 93.3 Å². The van der Waals surface area contributed by atoms with Gasteiger partial charge in [-0.1, -0.05) is 19.9 Å². The van der Waals surface area contributed by atoms with Crippen molar-refractivity contribution in [3.8, 4) is 0 Å². The number of hydrogen-bond donors (Lipinski definition) is 1. The van der Waals surface area contributed by atoms with Gasteiger partial charge < -0.3 is 24.4 Å². The molecule has 2 aromatic heterocycles. The molecule has 5 atom stereocenters. The number of ether oxygens (including phenoxy) is 2. The Labute approximate surface area is 242 Å². The van der Waals surface area contributed by atoms with Gasteiger partial charge in [0.1, 0.15) is 12.2 Å². The Kier molecular flexibility index (Phi) is 10.7. The number of aliphatic hydroxyl groups is 1. The Morgan fingerprint density at radius 2 is 1.88 bits per heavy atom. The lowest BCUT2D eigenvalue weighted by atomic mass is 9.92. The van der Waals surface area contributed by atoms with Gasteiger partial charge in [0.05, 0.1) is 25.3 Å². The van der Waals surface area contributed by atoms with Crippen LogP contribution in [0.15, 0.2) is 54.6 Å². The van der Waals surface area contributed by atoms with Crippen molar-refractivity contribution in [3.63, 3.8) is 0 Å². The zero-order chi connectivity index (χ0) is 29.4. The smallest absolute Gasteiger partial charge is 0.410 e. The molecule has 0 radical (unpaired) electrons. The van der Waals surface area contributed by atoms with E-state index in [1.54, 1.807) is 23.5 Å². The highest BCUT2D eigenvalue weighted by Crippen LogP contribution is 2.26. The Morgan fingerprint density at radius 1 is 1.15 bits per heavy atom. The molecule has 10 heteroatoms. The largest absolute Gasteiger partial charge is 0.457 e. The normalized spacial score (nSPS) is 27.8. The summed E-state index contributed by atoms with van der Waals surface area (Å²) in [5.41, 5.74) is 2.84. The van der Waals surface area contributed by atoms with E-state index in [4.69, 9.17) is 9.47 Å². The summed E-state index contributed by atoms with van der Waals surface area (Å²) in [5, 5.41) is 15.0. The molecule has 41 heavy (non-hydrogen) atoms. The van der Waals surface area contributed by atoms with Crippen molar-refractivity contribution in [2.24, 2.45) is 11.8 Å². The number of carbonyl (C=O) groups is 2.